The topological polar surface area (TPSA) is 61.8 Å². The molecule has 0 unspecified atom stereocenters. The number of hydrazone groups is 1. The van der Waals surface area contributed by atoms with Gasteiger partial charge < -0.3 is 23.7 Å². The van der Waals surface area contributed by atoms with Crippen molar-refractivity contribution in [3.63, 3.8) is 0 Å². The molecule has 0 fully saturated rings. The summed E-state index contributed by atoms with van der Waals surface area (Å²) < 4.78 is 28.6. The Balaban J connectivity index is 1.63. The molecule has 176 valence electrons. The van der Waals surface area contributed by atoms with Gasteiger partial charge in [0.1, 0.15) is 11.5 Å². The van der Waals surface area contributed by atoms with E-state index in [0.29, 0.717) is 28.7 Å². The minimum atomic E-state index is -0.538. The van der Waals surface area contributed by atoms with Gasteiger partial charge in [-0.3, -0.25) is 0 Å². The molecule has 2 atom stereocenters. The summed E-state index contributed by atoms with van der Waals surface area (Å²) in [5.41, 5.74) is 3.76. The van der Waals surface area contributed by atoms with E-state index >= 15 is 0 Å². The van der Waals surface area contributed by atoms with E-state index in [1.807, 2.05) is 59.6 Å². The SMILES string of the molecule is COc1ccc(C2=NN3[C@@H](c4ccc(OC)c(OC)c4OC)Oc4ccc(Cl)cc4[C@@H]3C2)cc1. The van der Waals surface area contributed by atoms with Gasteiger partial charge in [0.15, 0.2) is 11.5 Å². The molecule has 2 aliphatic rings. The van der Waals surface area contributed by atoms with E-state index in [1.54, 1.807) is 28.4 Å². The summed E-state index contributed by atoms with van der Waals surface area (Å²) in [6.45, 7) is 0. The number of nitrogens with zero attached hydrogens (tertiary/aromatic N) is 2. The van der Waals surface area contributed by atoms with Gasteiger partial charge in [-0.25, -0.2) is 5.01 Å². The van der Waals surface area contributed by atoms with Crippen LogP contribution in [-0.4, -0.2) is 39.2 Å². The van der Waals surface area contributed by atoms with E-state index in [9.17, 15) is 0 Å². The second kappa shape index (κ2) is 8.99. The van der Waals surface area contributed by atoms with Crippen LogP contribution in [0.4, 0.5) is 0 Å². The Hall–Kier alpha value is -3.58. The van der Waals surface area contributed by atoms with Gasteiger partial charge in [0, 0.05) is 17.0 Å². The van der Waals surface area contributed by atoms with Crippen LogP contribution in [0.2, 0.25) is 5.02 Å². The molecule has 0 bridgehead atoms. The fourth-order valence-corrected chi connectivity index (χ4v) is 4.72. The van der Waals surface area contributed by atoms with Gasteiger partial charge in [0.2, 0.25) is 12.0 Å². The maximum Gasteiger partial charge on any atom is 0.217 e. The zero-order valence-corrected chi connectivity index (χ0v) is 20.1. The summed E-state index contributed by atoms with van der Waals surface area (Å²) >= 11 is 6.35. The van der Waals surface area contributed by atoms with Crippen LogP contribution in [0.3, 0.4) is 0 Å². The van der Waals surface area contributed by atoms with Crippen molar-refractivity contribution in [2.45, 2.75) is 18.7 Å². The molecule has 8 heteroatoms. The van der Waals surface area contributed by atoms with Crippen LogP contribution < -0.4 is 23.7 Å². The van der Waals surface area contributed by atoms with Crippen molar-refractivity contribution in [3.05, 3.63) is 76.3 Å². The van der Waals surface area contributed by atoms with Crippen molar-refractivity contribution < 1.29 is 23.7 Å². The molecule has 5 rings (SSSR count). The maximum atomic E-state index is 6.49. The van der Waals surface area contributed by atoms with Crippen molar-refractivity contribution in [1.82, 2.24) is 5.01 Å². The molecule has 3 aromatic rings. The van der Waals surface area contributed by atoms with Gasteiger partial charge in [0.25, 0.3) is 0 Å². The van der Waals surface area contributed by atoms with E-state index < -0.39 is 6.23 Å². The Morgan fingerprint density at radius 3 is 2.29 bits per heavy atom. The van der Waals surface area contributed by atoms with Crippen LogP contribution in [0.15, 0.2) is 59.7 Å². The minimum absolute atomic E-state index is 0.0534. The molecule has 0 saturated heterocycles. The molecule has 0 N–H and O–H groups in total. The van der Waals surface area contributed by atoms with E-state index in [-0.39, 0.29) is 6.04 Å². The second-order valence-electron chi connectivity index (χ2n) is 7.95. The third-order valence-corrected chi connectivity index (χ3v) is 6.41. The highest BCUT2D eigenvalue weighted by molar-refractivity contribution is 6.30. The smallest absolute Gasteiger partial charge is 0.217 e. The highest BCUT2D eigenvalue weighted by Gasteiger charge is 2.42. The Kier molecular flexibility index (Phi) is 5.87. The lowest BCUT2D eigenvalue weighted by Gasteiger charge is -2.38. The number of fused-ring (bicyclic) bond motifs is 3. The lowest BCUT2D eigenvalue weighted by Crippen LogP contribution is -2.34. The molecule has 0 spiro atoms. The Labute approximate surface area is 203 Å². The predicted molar refractivity (Wildman–Crippen MR) is 130 cm³/mol. The number of ether oxygens (including phenoxy) is 5. The Morgan fingerprint density at radius 2 is 1.62 bits per heavy atom. The summed E-state index contributed by atoms with van der Waals surface area (Å²) in [7, 11) is 6.43. The minimum Gasteiger partial charge on any atom is -0.497 e. The van der Waals surface area contributed by atoms with Crippen LogP contribution in [0, 0.1) is 0 Å². The van der Waals surface area contributed by atoms with Crippen molar-refractivity contribution in [3.8, 4) is 28.7 Å². The molecule has 2 aliphatic heterocycles. The fraction of sp³-hybridized carbons (Fsp3) is 0.269. The summed E-state index contributed by atoms with van der Waals surface area (Å²) in [6.07, 6.45) is 0.166. The van der Waals surface area contributed by atoms with Crippen molar-refractivity contribution in [2.75, 3.05) is 28.4 Å². The highest BCUT2D eigenvalue weighted by Crippen LogP contribution is 2.51. The molecule has 2 heterocycles. The molecule has 3 aromatic carbocycles. The van der Waals surface area contributed by atoms with Crippen LogP contribution in [0.1, 0.15) is 35.4 Å². The summed E-state index contributed by atoms with van der Waals surface area (Å²) in [5.74, 6) is 3.18. The van der Waals surface area contributed by atoms with Gasteiger partial charge in [-0.1, -0.05) is 11.6 Å². The fourth-order valence-electron chi connectivity index (χ4n) is 4.54. The number of hydrogen-bond acceptors (Lipinski definition) is 7. The van der Waals surface area contributed by atoms with E-state index in [4.69, 9.17) is 40.4 Å². The number of hydrogen-bond donors (Lipinski definition) is 0. The summed E-state index contributed by atoms with van der Waals surface area (Å²) in [6, 6.07) is 17.3. The number of benzene rings is 3. The molecule has 0 radical (unpaired) electrons. The zero-order valence-electron chi connectivity index (χ0n) is 19.4. The monoisotopic (exact) mass is 480 g/mol. The van der Waals surface area contributed by atoms with Crippen LogP contribution >= 0.6 is 11.6 Å². The molecule has 0 aliphatic carbocycles. The van der Waals surface area contributed by atoms with Crippen molar-refractivity contribution in [1.29, 1.82) is 0 Å². The van der Waals surface area contributed by atoms with Crippen LogP contribution in [0.5, 0.6) is 28.7 Å². The molecule has 0 amide bonds. The first-order chi connectivity index (χ1) is 16.6. The average molecular weight is 481 g/mol. The normalized spacial score (nSPS) is 18.4. The second-order valence-corrected chi connectivity index (χ2v) is 8.39. The first-order valence-corrected chi connectivity index (χ1v) is 11.2. The van der Waals surface area contributed by atoms with E-state index in [2.05, 4.69) is 0 Å². The number of rotatable bonds is 6. The summed E-state index contributed by atoms with van der Waals surface area (Å²) in [5, 5.41) is 7.64. The number of methoxy groups -OCH3 is 4. The van der Waals surface area contributed by atoms with Gasteiger partial charge in [-0.15, -0.1) is 0 Å². The highest BCUT2D eigenvalue weighted by atomic mass is 35.5. The predicted octanol–water partition coefficient (Wildman–Crippen LogP) is 5.62. The van der Waals surface area contributed by atoms with Gasteiger partial charge in [-0.2, -0.15) is 5.10 Å². The molecule has 7 nitrogen and oxygen atoms in total. The Morgan fingerprint density at radius 1 is 0.853 bits per heavy atom. The average Bonchev–Trinajstić information content (AvgIpc) is 3.33. The molecule has 34 heavy (non-hydrogen) atoms. The largest absolute Gasteiger partial charge is 0.497 e. The van der Waals surface area contributed by atoms with Gasteiger partial charge in [-0.05, 0) is 60.2 Å². The maximum absolute atomic E-state index is 6.49. The van der Waals surface area contributed by atoms with Crippen LogP contribution in [0.25, 0.3) is 0 Å². The number of halogens is 1. The quantitative estimate of drug-likeness (QED) is 0.456. The summed E-state index contributed by atoms with van der Waals surface area (Å²) in [4.78, 5) is 0. The third-order valence-electron chi connectivity index (χ3n) is 6.18. The van der Waals surface area contributed by atoms with E-state index in [0.717, 1.165) is 33.9 Å². The first kappa shape index (κ1) is 22.2. The first-order valence-electron chi connectivity index (χ1n) is 10.8. The van der Waals surface area contributed by atoms with E-state index in [1.165, 1.54) is 0 Å². The van der Waals surface area contributed by atoms with Gasteiger partial charge >= 0.3 is 0 Å². The molecule has 0 aromatic heterocycles. The van der Waals surface area contributed by atoms with Crippen molar-refractivity contribution >= 4 is 17.3 Å². The standard InChI is InChI=1S/C26H25ClN2O5/c1-30-17-8-5-15(6-9-17)20-14-21-19-13-16(27)7-11-22(19)34-26(29(21)28-20)18-10-12-23(31-2)25(33-4)24(18)32-3/h5-13,21,26H,14H2,1-4H3/t21-,26+/m0/s1. The Bertz CT molecular complexity index is 1240. The lowest BCUT2D eigenvalue weighted by atomic mass is 9.95. The third kappa shape index (κ3) is 3.66. The zero-order chi connectivity index (χ0) is 23.8. The molecular weight excluding hydrogens is 456 g/mol. The van der Waals surface area contributed by atoms with Crippen LogP contribution in [-0.2, 0) is 0 Å². The van der Waals surface area contributed by atoms with Crippen molar-refractivity contribution in [2.24, 2.45) is 5.10 Å². The van der Waals surface area contributed by atoms with Gasteiger partial charge in [0.05, 0.1) is 45.8 Å². The molecular formula is C26H25ClN2O5. The molecule has 0 saturated carbocycles. The lowest BCUT2D eigenvalue weighted by molar-refractivity contribution is -0.0205.